The number of hydrogen-bond acceptors (Lipinski definition) is 6. The van der Waals surface area contributed by atoms with Gasteiger partial charge >= 0.3 is 0 Å². The number of amides is 1. The summed E-state index contributed by atoms with van der Waals surface area (Å²) in [6.45, 7) is 1.95. The Morgan fingerprint density at radius 1 is 1.23 bits per heavy atom. The molecule has 0 radical (unpaired) electrons. The summed E-state index contributed by atoms with van der Waals surface area (Å²) in [5.74, 6) is 6.24. The van der Waals surface area contributed by atoms with Crippen molar-refractivity contribution in [2.45, 2.75) is 18.7 Å². The summed E-state index contributed by atoms with van der Waals surface area (Å²) < 4.78 is 28.3. The lowest BCUT2D eigenvalue weighted by Crippen LogP contribution is -2.47. The number of anilines is 1. The zero-order valence-electron chi connectivity index (χ0n) is 16.3. The van der Waals surface area contributed by atoms with Gasteiger partial charge in [-0.1, -0.05) is 36.3 Å². The summed E-state index contributed by atoms with van der Waals surface area (Å²) in [5.41, 5.74) is 4.08. The number of hydrogen-bond donors (Lipinski definition) is 2. The molecule has 7 nitrogen and oxygen atoms in total. The van der Waals surface area contributed by atoms with Gasteiger partial charge < -0.3 is 9.64 Å². The summed E-state index contributed by atoms with van der Waals surface area (Å²) in [4.78, 5) is 13.6. The molecule has 0 saturated carbocycles. The Morgan fingerprint density at radius 2 is 1.93 bits per heavy atom. The fourth-order valence-corrected chi connectivity index (χ4v) is 4.07. The molecule has 0 aliphatic carbocycles. The highest BCUT2D eigenvalue weighted by molar-refractivity contribution is 7.98. The van der Waals surface area contributed by atoms with Crippen molar-refractivity contribution in [2.75, 3.05) is 17.3 Å². The molecule has 2 rings (SSSR count). The summed E-state index contributed by atoms with van der Waals surface area (Å²) in [6.07, 6.45) is 0. The Morgan fingerprint density at radius 3 is 2.53 bits per heavy atom. The van der Waals surface area contributed by atoms with Crippen LogP contribution in [0.15, 0.2) is 54.6 Å². The summed E-state index contributed by atoms with van der Waals surface area (Å²) in [7, 11) is -2.56. The van der Waals surface area contributed by atoms with Crippen LogP contribution in [0.2, 0.25) is 0 Å². The van der Waals surface area contributed by atoms with Gasteiger partial charge in [-0.3, -0.25) is 10.0 Å². The van der Waals surface area contributed by atoms with Crippen molar-refractivity contribution in [3.05, 3.63) is 60.2 Å². The molecule has 0 bridgehead atoms. The third-order valence-electron chi connectivity index (χ3n) is 3.96. The molecular weight excluding hydrogens is 424 g/mol. The largest absolute Gasteiger partial charge is 0.481 e. The third kappa shape index (κ3) is 7.48. The van der Waals surface area contributed by atoms with Crippen LogP contribution in [0.1, 0.15) is 12.5 Å². The van der Waals surface area contributed by atoms with Crippen molar-refractivity contribution in [3.8, 4) is 17.6 Å². The Hall–Kier alpha value is -2.93. The van der Waals surface area contributed by atoms with Gasteiger partial charge in [-0.2, -0.15) is 20.2 Å². The number of carbonyl (C=O) groups excluding carboxylic acids is 1. The average Bonchev–Trinajstić information content (AvgIpc) is 2.76. The number of nitrogens with one attached hydrogen (secondary N) is 1. The normalized spacial score (nSPS) is 10.9. The first-order chi connectivity index (χ1) is 14.5. The molecule has 30 heavy (non-hydrogen) atoms. The maximum Gasteiger partial charge on any atom is 0.267 e. The lowest BCUT2D eigenvalue weighted by atomic mass is 10.2. The number of hydroxylamine groups is 1. The molecular formula is C21H22N2O5S2. The molecule has 2 N–H and O–H groups in total. The Balaban J connectivity index is 2.21. The monoisotopic (exact) mass is 446 g/mol. The molecule has 2 aromatic carbocycles. The molecule has 0 aliphatic rings. The van der Waals surface area contributed by atoms with Gasteiger partial charge in [0.15, 0.2) is 0 Å². The van der Waals surface area contributed by atoms with Gasteiger partial charge in [-0.25, -0.2) is 5.48 Å². The van der Waals surface area contributed by atoms with E-state index >= 15 is 0 Å². The molecule has 158 valence electrons. The van der Waals surface area contributed by atoms with Gasteiger partial charge in [0.2, 0.25) is 10.3 Å². The maximum absolute atomic E-state index is 12.3. The first-order valence-corrected chi connectivity index (χ1v) is 11.2. The molecule has 9 heteroatoms. The van der Waals surface area contributed by atoms with Gasteiger partial charge in [-0.15, -0.1) is 5.92 Å². The quantitative estimate of drug-likeness (QED) is 0.250. The highest BCUT2D eigenvalue weighted by Crippen LogP contribution is 2.23. The van der Waals surface area contributed by atoms with Gasteiger partial charge in [-0.05, 0) is 36.8 Å². The van der Waals surface area contributed by atoms with Crippen molar-refractivity contribution in [3.63, 3.8) is 0 Å². The second-order valence-electron chi connectivity index (χ2n) is 5.98. The van der Waals surface area contributed by atoms with Gasteiger partial charge in [0.25, 0.3) is 5.91 Å². The zero-order valence-corrected chi connectivity index (χ0v) is 17.9. The summed E-state index contributed by atoms with van der Waals surface area (Å²) in [5, 5.41) is 9.18. The number of thioether (sulfide) groups is 1. The van der Waals surface area contributed by atoms with Crippen LogP contribution in [0.3, 0.4) is 0 Å². The first kappa shape index (κ1) is 23.3. The third-order valence-corrected chi connectivity index (χ3v) is 5.45. The first-order valence-electron chi connectivity index (χ1n) is 8.94. The van der Waals surface area contributed by atoms with Crippen LogP contribution >= 0.6 is 11.8 Å². The minimum absolute atomic E-state index is 0.238. The van der Waals surface area contributed by atoms with Crippen molar-refractivity contribution < 1.29 is 23.2 Å². The van der Waals surface area contributed by atoms with Crippen molar-refractivity contribution in [1.29, 1.82) is 0 Å². The SMILES string of the molecule is CC#CCOc1ccc(N(C=S(=O)=O)C(CSCc2ccccc2)C(=O)NO)cc1. The van der Waals surface area contributed by atoms with E-state index in [1.54, 1.807) is 36.7 Å². The second kappa shape index (κ2) is 12.6. The Kier molecular flexibility index (Phi) is 9.80. The fourth-order valence-electron chi connectivity index (χ4n) is 2.53. The van der Waals surface area contributed by atoms with E-state index in [4.69, 9.17) is 4.74 Å². The molecule has 2 aromatic rings. The molecule has 0 spiro atoms. The average molecular weight is 447 g/mol. The Bertz CT molecular complexity index is 1000. The molecule has 1 amide bonds. The van der Waals surface area contributed by atoms with Crippen molar-refractivity contribution in [1.82, 2.24) is 5.48 Å². The summed E-state index contributed by atoms with van der Waals surface area (Å²) >= 11 is 1.45. The summed E-state index contributed by atoms with van der Waals surface area (Å²) in [6, 6.07) is 15.3. The zero-order chi connectivity index (χ0) is 21.8. The number of benzene rings is 2. The van der Waals surface area contributed by atoms with E-state index in [1.165, 1.54) is 16.7 Å². The molecule has 0 aromatic heterocycles. The highest BCUT2D eigenvalue weighted by atomic mass is 32.2. The number of carbonyl (C=O) groups is 1. The van der Waals surface area contributed by atoms with Crippen LogP contribution in [0.4, 0.5) is 5.69 Å². The van der Waals surface area contributed by atoms with Gasteiger partial charge in [0.1, 0.15) is 23.9 Å². The van der Waals surface area contributed by atoms with Crippen molar-refractivity contribution in [2.24, 2.45) is 0 Å². The van der Waals surface area contributed by atoms with E-state index < -0.39 is 22.2 Å². The molecule has 0 heterocycles. The van der Waals surface area contributed by atoms with Gasteiger partial charge in [0, 0.05) is 17.2 Å². The minimum Gasteiger partial charge on any atom is -0.481 e. The second-order valence-corrected chi connectivity index (χ2v) is 7.74. The highest BCUT2D eigenvalue weighted by Gasteiger charge is 2.26. The lowest BCUT2D eigenvalue weighted by molar-refractivity contribution is -0.129. The topological polar surface area (TPSA) is 95.9 Å². The van der Waals surface area contributed by atoms with E-state index in [0.29, 0.717) is 17.2 Å². The Labute approximate surface area is 181 Å². The van der Waals surface area contributed by atoms with Crippen LogP contribution in [0.25, 0.3) is 0 Å². The molecule has 0 fully saturated rings. The standard InChI is InChI=1S/C21H22N2O5S2/c1-2-3-13-28-19-11-9-18(10-12-19)23(16-30(26)27)20(21(24)22-25)15-29-14-17-7-5-4-6-8-17/h4-12,16,20,25H,13-15H2,1H3,(H,22,24). The van der Waals surface area contributed by atoms with Crippen LogP contribution < -0.4 is 15.1 Å². The van der Waals surface area contributed by atoms with Crippen LogP contribution in [-0.2, 0) is 20.8 Å². The van der Waals surface area contributed by atoms with Crippen molar-refractivity contribution >= 4 is 39.1 Å². The van der Waals surface area contributed by atoms with Crippen LogP contribution in [-0.4, -0.2) is 43.4 Å². The molecule has 0 saturated heterocycles. The number of rotatable bonds is 10. The van der Waals surface area contributed by atoms with E-state index in [0.717, 1.165) is 11.1 Å². The fraction of sp³-hybridized carbons (Fsp3) is 0.238. The molecule has 1 atom stereocenters. The van der Waals surface area contributed by atoms with Crippen LogP contribution in [0.5, 0.6) is 5.75 Å². The predicted octanol–water partition coefficient (Wildman–Crippen LogP) is 2.34. The van der Waals surface area contributed by atoms with Gasteiger partial charge in [0.05, 0.1) is 0 Å². The minimum atomic E-state index is -2.56. The lowest BCUT2D eigenvalue weighted by Gasteiger charge is -2.27. The smallest absolute Gasteiger partial charge is 0.267 e. The molecule has 1 unspecified atom stereocenters. The van der Waals surface area contributed by atoms with E-state index in [-0.39, 0.29) is 12.4 Å². The van der Waals surface area contributed by atoms with E-state index in [2.05, 4.69) is 11.8 Å². The van der Waals surface area contributed by atoms with E-state index in [9.17, 15) is 18.4 Å². The number of ether oxygens (including phenoxy) is 1. The molecule has 0 aliphatic heterocycles. The predicted molar refractivity (Wildman–Crippen MR) is 119 cm³/mol. The number of nitrogens with zero attached hydrogens (tertiary/aromatic N) is 1. The van der Waals surface area contributed by atoms with Crippen LogP contribution in [0, 0.1) is 11.8 Å². The van der Waals surface area contributed by atoms with E-state index in [1.807, 2.05) is 30.3 Å². The maximum atomic E-state index is 12.3.